The second-order valence-electron chi connectivity index (χ2n) is 5.55. The Morgan fingerprint density at radius 2 is 1.95 bits per heavy atom. The van der Waals surface area contributed by atoms with Crippen molar-refractivity contribution in [2.75, 3.05) is 14.2 Å². The molecule has 0 heterocycles. The first-order valence-electron chi connectivity index (χ1n) is 6.57. The van der Waals surface area contributed by atoms with E-state index in [1.807, 2.05) is 6.07 Å². The lowest BCUT2D eigenvalue weighted by Crippen LogP contribution is -2.14. The molecule has 2 rings (SSSR count). The number of halogens is 1. The van der Waals surface area contributed by atoms with Crippen molar-refractivity contribution in [2.24, 2.45) is 0 Å². The molecule has 0 atom stereocenters. The van der Waals surface area contributed by atoms with Gasteiger partial charge in [0.15, 0.2) is 11.5 Å². The number of rotatable bonds is 5. The Labute approximate surface area is 123 Å². The second kappa shape index (κ2) is 5.33. The Hall–Kier alpha value is -0.740. The van der Waals surface area contributed by atoms with Crippen molar-refractivity contribution in [3.05, 3.63) is 21.7 Å². The van der Waals surface area contributed by atoms with Crippen molar-refractivity contribution in [2.45, 2.75) is 44.6 Å². The van der Waals surface area contributed by atoms with E-state index in [0.29, 0.717) is 18.1 Å². The summed E-state index contributed by atoms with van der Waals surface area (Å²) in [5.41, 5.74) is 1.82. The molecule has 1 N–H and O–H groups in total. The van der Waals surface area contributed by atoms with Crippen LogP contribution in [0.2, 0.25) is 0 Å². The maximum absolute atomic E-state index is 10.2. The summed E-state index contributed by atoms with van der Waals surface area (Å²) in [6.45, 7) is 4.29. The summed E-state index contributed by atoms with van der Waals surface area (Å²) in [6.07, 6.45) is 2.45. The summed E-state index contributed by atoms with van der Waals surface area (Å²) >= 11 is 3.63. The zero-order valence-electron chi connectivity index (χ0n) is 11.9. The maximum Gasteiger partial charge on any atom is 0.175 e. The van der Waals surface area contributed by atoms with E-state index in [1.54, 1.807) is 14.2 Å². The summed E-state index contributed by atoms with van der Waals surface area (Å²) in [4.78, 5) is 0. The van der Waals surface area contributed by atoms with Gasteiger partial charge in [-0.05, 0) is 51.9 Å². The van der Waals surface area contributed by atoms with Gasteiger partial charge in [0.25, 0.3) is 0 Å². The van der Waals surface area contributed by atoms with Gasteiger partial charge in [0, 0.05) is 6.42 Å². The van der Waals surface area contributed by atoms with Crippen LogP contribution in [-0.2, 0) is 6.42 Å². The lowest BCUT2D eigenvalue weighted by atomic mass is 9.92. The van der Waals surface area contributed by atoms with Crippen molar-refractivity contribution >= 4 is 15.9 Å². The van der Waals surface area contributed by atoms with Gasteiger partial charge in [0.2, 0.25) is 0 Å². The Kier molecular flexibility index (Phi) is 4.11. The molecule has 1 aliphatic carbocycles. The van der Waals surface area contributed by atoms with Crippen molar-refractivity contribution < 1.29 is 14.6 Å². The summed E-state index contributed by atoms with van der Waals surface area (Å²) in [5.74, 6) is 1.78. The fraction of sp³-hybridized carbons (Fsp3) is 0.600. The van der Waals surface area contributed by atoms with Crippen molar-refractivity contribution in [1.29, 1.82) is 0 Å². The molecule has 0 radical (unpaired) electrons. The molecule has 1 aliphatic rings. The van der Waals surface area contributed by atoms with Crippen LogP contribution in [0.25, 0.3) is 0 Å². The van der Waals surface area contributed by atoms with Gasteiger partial charge in [-0.3, -0.25) is 0 Å². The van der Waals surface area contributed by atoms with E-state index in [0.717, 1.165) is 28.6 Å². The molecule has 1 aromatic carbocycles. The van der Waals surface area contributed by atoms with Crippen LogP contribution >= 0.6 is 15.9 Å². The van der Waals surface area contributed by atoms with Gasteiger partial charge in [0.05, 0.1) is 24.3 Å². The number of hydrogen-bond acceptors (Lipinski definition) is 3. The van der Waals surface area contributed by atoms with Gasteiger partial charge in [0.1, 0.15) is 0 Å². The third-order valence-corrected chi connectivity index (χ3v) is 4.45. The first-order valence-corrected chi connectivity index (χ1v) is 7.37. The smallest absolute Gasteiger partial charge is 0.175 e. The number of methoxy groups -OCH3 is 2. The molecular formula is C15H21BrO3. The topological polar surface area (TPSA) is 38.7 Å². The summed E-state index contributed by atoms with van der Waals surface area (Å²) in [6, 6.07) is 2.00. The highest BCUT2D eigenvalue weighted by Gasteiger charge is 2.41. The Morgan fingerprint density at radius 1 is 1.32 bits per heavy atom. The molecule has 0 spiro atoms. The van der Waals surface area contributed by atoms with E-state index in [4.69, 9.17) is 9.47 Å². The lowest BCUT2D eigenvalue weighted by molar-refractivity contribution is 0.150. The molecule has 0 aromatic heterocycles. The number of hydrogen-bond donors (Lipinski definition) is 1. The van der Waals surface area contributed by atoms with E-state index in [9.17, 15) is 5.11 Å². The van der Waals surface area contributed by atoms with Gasteiger partial charge in [-0.1, -0.05) is 13.8 Å². The Bertz CT molecular complexity index is 479. The highest BCUT2D eigenvalue weighted by atomic mass is 79.9. The molecule has 3 nitrogen and oxygen atoms in total. The third-order valence-electron chi connectivity index (χ3n) is 3.66. The maximum atomic E-state index is 10.2. The molecule has 0 saturated heterocycles. The van der Waals surface area contributed by atoms with E-state index in [2.05, 4.69) is 29.8 Å². The van der Waals surface area contributed by atoms with Crippen molar-refractivity contribution in [1.82, 2.24) is 0 Å². The summed E-state index contributed by atoms with van der Waals surface area (Å²) in [7, 11) is 3.27. The van der Waals surface area contributed by atoms with Gasteiger partial charge in [-0.15, -0.1) is 0 Å². The fourth-order valence-corrected chi connectivity index (χ4v) is 3.53. The molecule has 1 fully saturated rings. The highest BCUT2D eigenvalue weighted by Crippen LogP contribution is 2.46. The number of ether oxygens (including phenoxy) is 2. The quantitative estimate of drug-likeness (QED) is 0.896. The van der Waals surface area contributed by atoms with E-state index >= 15 is 0 Å². The van der Waals surface area contributed by atoms with Crippen LogP contribution in [0.3, 0.4) is 0 Å². The minimum absolute atomic E-state index is 0.353. The molecule has 19 heavy (non-hydrogen) atoms. The standard InChI is InChI=1S/C15H21BrO3/c1-9(2)12-10(8-15(17)5-6-15)7-11(18-3)14(19-4)13(12)16/h7,9,17H,5-6,8H2,1-4H3. The van der Waals surface area contributed by atoms with E-state index in [1.165, 1.54) is 5.56 Å². The Morgan fingerprint density at radius 3 is 2.37 bits per heavy atom. The predicted octanol–water partition coefficient (Wildman–Crippen LogP) is 3.66. The van der Waals surface area contributed by atoms with Crippen LogP contribution < -0.4 is 9.47 Å². The minimum Gasteiger partial charge on any atom is -0.493 e. The molecule has 0 aliphatic heterocycles. The van der Waals surface area contributed by atoms with Crippen LogP contribution in [0, 0.1) is 0 Å². The van der Waals surface area contributed by atoms with E-state index < -0.39 is 5.60 Å². The van der Waals surface area contributed by atoms with Crippen LogP contribution in [0.15, 0.2) is 10.5 Å². The molecule has 1 saturated carbocycles. The summed E-state index contributed by atoms with van der Waals surface area (Å²) in [5, 5.41) is 10.2. The van der Waals surface area contributed by atoms with Gasteiger partial charge >= 0.3 is 0 Å². The second-order valence-corrected chi connectivity index (χ2v) is 6.35. The molecule has 0 bridgehead atoms. The third kappa shape index (κ3) is 2.90. The van der Waals surface area contributed by atoms with Crippen LogP contribution in [0.5, 0.6) is 11.5 Å². The van der Waals surface area contributed by atoms with Gasteiger partial charge < -0.3 is 14.6 Å². The number of benzene rings is 1. The number of aliphatic hydroxyl groups is 1. The SMILES string of the molecule is COc1cc(CC2(O)CC2)c(C(C)C)c(Br)c1OC. The van der Waals surface area contributed by atoms with Gasteiger partial charge in [-0.2, -0.15) is 0 Å². The van der Waals surface area contributed by atoms with Crippen LogP contribution in [0.1, 0.15) is 43.7 Å². The van der Waals surface area contributed by atoms with Crippen molar-refractivity contribution in [3.8, 4) is 11.5 Å². The van der Waals surface area contributed by atoms with Crippen LogP contribution in [-0.4, -0.2) is 24.9 Å². The fourth-order valence-electron chi connectivity index (χ4n) is 2.46. The Balaban J connectivity index is 2.53. The average molecular weight is 329 g/mol. The van der Waals surface area contributed by atoms with E-state index in [-0.39, 0.29) is 0 Å². The summed E-state index contributed by atoms with van der Waals surface area (Å²) < 4.78 is 11.7. The minimum atomic E-state index is -0.511. The zero-order chi connectivity index (χ0) is 14.2. The van der Waals surface area contributed by atoms with Gasteiger partial charge in [-0.25, -0.2) is 0 Å². The van der Waals surface area contributed by atoms with Crippen molar-refractivity contribution in [3.63, 3.8) is 0 Å². The highest BCUT2D eigenvalue weighted by molar-refractivity contribution is 9.10. The molecule has 106 valence electrons. The normalized spacial score (nSPS) is 16.6. The molecular weight excluding hydrogens is 308 g/mol. The average Bonchev–Trinajstić information content (AvgIpc) is 3.05. The molecule has 0 unspecified atom stereocenters. The first kappa shape index (κ1) is 14.7. The largest absolute Gasteiger partial charge is 0.493 e. The lowest BCUT2D eigenvalue weighted by Gasteiger charge is -2.21. The molecule has 1 aromatic rings. The molecule has 0 amide bonds. The molecule has 4 heteroatoms. The van der Waals surface area contributed by atoms with Crippen LogP contribution in [0.4, 0.5) is 0 Å². The zero-order valence-corrected chi connectivity index (χ0v) is 13.5. The predicted molar refractivity (Wildman–Crippen MR) is 79.2 cm³/mol. The first-order chi connectivity index (χ1) is 8.91. The monoisotopic (exact) mass is 328 g/mol.